The SMILES string of the molecule is COc1ccc(C(=O)NC2CCC(N)C2)cc1OC. The smallest absolute Gasteiger partial charge is 0.251 e. The van der Waals surface area contributed by atoms with Gasteiger partial charge in [0.1, 0.15) is 0 Å². The van der Waals surface area contributed by atoms with Gasteiger partial charge < -0.3 is 20.5 Å². The molecule has 0 radical (unpaired) electrons. The number of ether oxygens (including phenoxy) is 2. The summed E-state index contributed by atoms with van der Waals surface area (Å²) < 4.78 is 10.3. The average Bonchev–Trinajstić information content (AvgIpc) is 2.83. The minimum absolute atomic E-state index is 0.0972. The second kappa shape index (κ2) is 5.93. The van der Waals surface area contributed by atoms with Crippen LogP contribution in [0.4, 0.5) is 0 Å². The summed E-state index contributed by atoms with van der Waals surface area (Å²) in [5.41, 5.74) is 6.40. The number of carbonyl (C=O) groups is 1. The number of carbonyl (C=O) groups excluding carboxylic acids is 1. The number of nitrogens with two attached hydrogens (primary N) is 1. The van der Waals surface area contributed by atoms with Gasteiger partial charge in [0.25, 0.3) is 5.91 Å². The van der Waals surface area contributed by atoms with E-state index in [1.807, 2.05) is 0 Å². The molecule has 19 heavy (non-hydrogen) atoms. The van der Waals surface area contributed by atoms with Crippen molar-refractivity contribution in [2.75, 3.05) is 14.2 Å². The first-order valence-electron chi connectivity index (χ1n) is 6.42. The third kappa shape index (κ3) is 3.17. The molecule has 2 unspecified atom stereocenters. The molecule has 1 aromatic carbocycles. The fraction of sp³-hybridized carbons (Fsp3) is 0.500. The molecule has 0 aromatic heterocycles. The van der Waals surface area contributed by atoms with Gasteiger partial charge in [-0.15, -0.1) is 0 Å². The Balaban J connectivity index is 2.06. The van der Waals surface area contributed by atoms with E-state index in [0.29, 0.717) is 17.1 Å². The number of hydrogen-bond acceptors (Lipinski definition) is 4. The fourth-order valence-electron chi connectivity index (χ4n) is 2.39. The molecule has 1 aliphatic carbocycles. The summed E-state index contributed by atoms with van der Waals surface area (Å²) in [6, 6.07) is 5.52. The highest BCUT2D eigenvalue weighted by molar-refractivity contribution is 5.95. The minimum Gasteiger partial charge on any atom is -0.493 e. The first-order valence-corrected chi connectivity index (χ1v) is 6.42. The van der Waals surface area contributed by atoms with E-state index >= 15 is 0 Å². The van der Waals surface area contributed by atoms with Crippen molar-refractivity contribution in [3.05, 3.63) is 23.8 Å². The number of benzene rings is 1. The van der Waals surface area contributed by atoms with Gasteiger partial charge in [-0.3, -0.25) is 4.79 Å². The highest BCUT2D eigenvalue weighted by atomic mass is 16.5. The van der Waals surface area contributed by atoms with E-state index in [-0.39, 0.29) is 18.0 Å². The average molecular weight is 264 g/mol. The molecule has 0 spiro atoms. The third-order valence-electron chi connectivity index (χ3n) is 3.45. The summed E-state index contributed by atoms with van der Waals surface area (Å²) in [5, 5.41) is 3.00. The zero-order valence-corrected chi connectivity index (χ0v) is 11.3. The highest BCUT2D eigenvalue weighted by Crippen LogP contribution is 2.27. The van der Waals surface area contributed by atoms with Gasteiger partial charge in [-0.05, 0) is 37.5 Å². The molecule has 1 amide bonds. The van der Waals surface area contributed by atoms with E-state index in [1.165, 1.54) is 0 Å². The van der Waals surface area contributed by atoms with Crippen molar-refractivity contribution < 1.29 is 14.3 Å². The molecule has 3 N–H and O–H groups in total. The van der Waals surface area contributed by atoms with Crippen LogP contribution in [0, 0.1) is 0 Å². The van der Waals surface area contributed by atoms with Crippen LogP contribution in [0.2, 0.25) is 0 Å². The molecule has 0 bridgehead atoms. The van der Waals surface area contributed by atoms with Gasteiger partial charge in [-0.1, -0.05) is 0 Å². The maximum atomic E-state index is 12.1. The summed E-state index contributed by atoms with van der Waals surface area (Å²) in [7, 11) is 3.12. The van der Waals surface area contributed by atoms with E-state index in [1.54, 1.807) is 32.4 Å². The highest BCUT2D eigenvalue weighted by Gasteiger charge is 2.23. The monoisotopic (exact) mass is 264 g/mol. The maximum Gasteiger partial charge on any atom is 0.251 e. The van der Waals surface area contributed by atoms with Crippen LogP contribution in [0.3, 0.4) is 0 Å². The van der Waals surface area contributed by atoms with Crippen molar-refractivity contribution in [2.45, 2.75) is 31.3 Å². The zero-order chi connectivity index (χ0) is 13.8. The number of methoxy groups -OCH3 is 2. The lowest BCUT2D eigenvalue weighted by Gasteiger charge is -2.14. The Morgan fingerprint density at radius 2 is 2.00 bits per heavy atom. The Hall–Kier alpha value is -1.75. The molecule has 5 nitrogen and oxygen atoms in total. The van der Waals surface area contributed by atoms with Gasteiger partial charge >= 0.3 is 0 Å². The quantitative estimate of drug-likeness (QED) is 0.860. The molecule has 1 aromatic rings. The van der Waals surface area contributed by atoms with Gasteiger partial charge in [0.15, 0.2) is 11.5 Å². The lowest BCUT2D eigenvalue weighted by atomic mass is 10.1. The molecule has 0 saturated heterocycles. The van der Waals surface area contributed by atoms with Crippen molar-refractivity contribution in [1.29, 1.82) is 0 Å². The van der Waals surface area contributed by atoms with Crippen LogP contribution >= 0.6 is 0 Å². The Labute approximate surface area is 113 Å². The Bertz CT molecular complexity index is 462. The first kappa shape index (κ1) is 13.7. The second-order valence-electron chi connectivity index (χ2n) is 4.81. The van der Waals surface area contributed by atoms with Crippen LogP contribution in [0.25, 0.3) is 0 Å². The molecule has 5 heteroatoms. The third-order valence-corrected chi connectivity index (χ3v) is 3.45. The lowest BCUT2D eigenvalue weighted by molar-refractivity contribution is 0.0937. The van der Waals surface area contributed by atoms with Gasteiger partial charge in [-0.2, -0.15) is 0 Å². The first-order chi connectivity index (χ1) is 9.13. The van der Waals surface area contributed by atoms with Gasteiger partial charge in [-0.25, -0.2) is 0 Å². The normalized spacial score (nSPS) is 22.1. The summed E-state index contributed by atoms with van der Waals surface area (Å²) in [4.78, 5) is 12.1. The molecular formula is C14H20N2O3. The predicted molar refractivity (Wildman–Crippen MR) is 72.6 cm³/mol. The molecule has 1 saturated carbocycles. The molecular weight excluding hydrogens is 244 g/mol. The van der Waals surface area contributed by atoms with Gasteiger partial charge in [0.2, 0.25) is 0 Å². The molecule has 0 aliphatic heterocycles. The van der Waals surface area contributed by atoms with Crippen LogP contribution in [0.15, 0.2) is 18.2 Å². The number of amides is 1. The second-order valence-corrected chi connectivity index (χ2v) is 4.81. The van der Waals surface area contributed by atoms with E-state index in [9.17, 15) is 4.79 Å². The number of rotatable bonds is 4. The predicted octanol–water partition coefficient (Wildman–Crippen LogP) is 1.31. The standard InChI is InChI=1S/C14H20N2O3/c1-18-12-6-3-9(7-13(12)19-2)14(17)16-11-5-4-10(15)8-11/h3,6-7,10-11H,4-5,8,15H2,1-2H3,(H,16,17). The zero-order valence-electron chi connectivity index (χ0n) is 11.3. The van der Waals surface area contributed by atoms with Crippen molar-refractivity contribution in [3.63, 3.8) is 0 Å². The van der Waals surface area contributed by atoms with E-state index in [2.05, 4.69) is 5.32 Å². The van der Waals surface area contributed by atoms with Gasteiger partial charge in [0.05, 0.1) is 14.2 Å². The number of nitrogens with one attached hydrogen (secondary N) is 1. The Morgan fingerprint density at radius 1 is 1.26 bits per heavy atom. The van der Waals surface area contributed by atoms with Crippen molar-refractivity contribution in [2.24, 2.45) is 5.73 Å². The maximum absolute atomic E-state index is 12.1. The van der Waals surface area contributed by atoms with Crippen LogP contribution in [0.5, 0.6) is 11.5 Å². The molecule has 2 rings (SSSR count). The summed E-state index contributed by atoms with van der Waals surface area (Å²) in [5.74, 6) is 1.07. The van der Waals surface area contributed by atoms with Crippen molar-refractivity contribution in [3.8, 4) is 11.5 Å². The summed E-state index contributed by atoms with van der Waals surface area (Å²) in [6.07, 6.45) is 2.76. The number of hydrogen-bond donors (Lipinski definition) is 2. The molecule has 2 atom stereocenters. The van der Waals surface area contributed by atoms with Gasteiger partial charge in [0, 0.05) is 17.6 Å². The minimum atomic E-state index is -0.0972. The van der Waals surface area contributed by atoms with E-state index in [0.717, 1.165) is 19.3 Å². The Kier molecular flexibility index (Phi) is 4.27. The van der Waals surface area contributed by atoms with Crippen LogP contribution in [0.1, 0.15) is 29.6 Å². The van der Waals surface area contributed by atoms with Crippen LogP contribution < -0.4 is 20.5 Å². The molecule has 1 fully saturated rings. The van der Waals surface area contributed by atoms with E-state index in [4.69, 9.17) is 15.2 Å². The fourth-order valence-corrected chi connectivity index (χ4v) is 2.39. The van der Waals surface area contributed by atoms with E-state index < -0.39 is 0 Å². The van der Waals surface area contributed by atoms with Crippen LogP contribution in [-0.4, -0.2) is 32.2 Å². The largest absolute Gasteiger partial charge is 0.493 e. The van der Waals surface area contributed by atoms with Crippen LogP contribution in [-0.2, 0) is 0 Å². The van der Waals surface area contributed by atoms with Crippen molar-refractivity contribution in [1.82, 2.24) is 5.32 Å². The molecule has 104 valence electrons. The van der Waals surface area contributed by atoms with Crippen molar-refractivity contribution >= 4 is 5.91 Å². The Morgan fingerprint density at radius 3 is 2.58 bits per heavy atom. The lowest BCUT2D eigenvalue weighted by Crippen LogP contribution is -2.34. The molecule has 1 aliphatic rings. The summed E-state index contributed by atoms with van der Waals surface area (Å²) >= 11 is 0. The topological polar surface area (TPSA) is 73.6 Å². The summed E-state index contributed by atoms with van der Waals surface area (Å²) in [6.45, 7) is 0. The molecule has 0 heterocycles.